The molecule has 1 aliphatic heterocycles. The van der Waals surface area contributed by atoms with Crippen LogP contribution in [0, 0.1) is 18.7 Å². The van der Waals surface area contributed by atoms with Crippen molar-refractivity contribution < 1.29 is 23.1 Å². The van der Waals surface area contributed by atoms with Gasteiger partial charge in [0, 0.05) is 36.2 Å². The van der Waals surface area contributed by atoms with Gasteiger partial charge in [0.1, 0.15) is 17.1 Å². The number of esters is 1. The number of carbonyl (C=O) groups is 2. The maximum absolute atomic E-state index is 13.1. The SMILES string of the molecule is Cc1cc(=O)oc2cc(OC(=O)C3CCCN(C(=O)c4ccc(F)cc4)C3)ccc12. The first-order valence-corrected chi connectivity index (χ1v) is 9.72. The van der Waals surface area contributed by atoms with Crippen molar-refractivity contribution in [1.82, 2.24) is 4.90 Å². The smallest absolute Gasteiger partial charge is 0.336 e. The molecule has 0 aliphatic carbocycles. The molecule has 2 aromatic carbocycles. The third-order valence-corrected chi connectivity index (χ3v) is 5.27. The van der Waals surface area contributed by atoms with Gasteiger partial charge in [0.2, 0.25) is 0 Å². The zero-order chi connectivity index (χ0) is 21.3. The van der Waals surface area contributed by atoms with E-state index in [-0.39, 0.29) is 18.2 Å². The molecule has 6 nitrogen and oxygen atoms in total. The predicted octanol–water partition coefficient (Wildman–Crippen LogP) is 3.70. The molecule has 7 heteroatoms. The molecule has 154 valence electrons. The number of aryl methyl sites for hydroxylation is 1. The Hall–Kier alpha value is -3.48. The number of piperidine rings is 1. The van der Waals surface area contributed by atoms with Crippen LogP contribution in [0.2, 0.25) is 0 Å². The molecule has 0 N–H and O–H groups in total. The third kappa shape index (κ3) is 4.10. The van der Waals surface area contributed by atoms with Crippen LogP contribution in [0.1, 0.15) is 28.8 Å². The zero-order valence-corrected chi connectivity index (χ0v) is 16.4. The van der Waals surface area contributed by atoms with E-state index in [1.807, 2.05) is 0 Å². The van der Waals surface area contributed by atoms with Gasteiger partial charge in [0.05, 0.1) is 5.92 Å². The number of likely N-dealkylation sites (tertiary alicyclic amines) is 1. The number of carbonyl (C=O) groups excluding carboxylic acids is 2. The lowest BCUT2D eigenvalue weighted by Crippen LogP contribution is -2.43. The van der Waals surface area contributed by atoms with E-state index >= 15 is 0 Å². The van der Waals surface area contributed by atoms with E-state index in [1.165, 1.54) is 36.4 Å². The molecule has 1 amide bonds. The fraction of sp³-hybridized carbons (Fsp3) is 0.261. The summed E-state index contributed by atoms with van der Waals surface area (Å²) in [5, 5.41) is 0.767. The topological polar surface area (TPSA) is 76.8 Å². The van der Waals surface area contributed by atoms with Crippen LogP contribution >= 0.6 is 0 Å². The molecular weight excluding hydrogens is 389 g/mol. The standard InChI is InChI=1S/C23H20FNO5/c1-14-11-21(26)30-20-12-18(8-9-19(14)20)29-23(28)16-3-2-10-25(13-16)22(27)15-4-6-17(24)7-5-15/h4-9,11-12,16H,2-3,10,13H2,1H3. The lowest BCUT2D eigenvalue weighted by Gasteiger charge is -2.31. The Balaban J connectivity index is 1.47. The number of hydrogen-bond acceptors (Lipinski definition) is 5. The second-order valence-corrected chi connectivity index (χ2v) is 7.42. The van der Waals surface area contributed by atoms with Crippen LogP contribution in [0.25, 0.3) is 11.0 Å². The molecule has 30 heavy (non-hydrogen) atoms. The normalized spacial score (nSPS) is 16.5. The third-order valence-electron chi connectivity index (χ3n) is 5.27. The molecule has 0 saturated carbocycles. The first-order valence-electron chi connectivity index (χ1n) is 9.72. The average molecular weight is 409 g/mol. The van der Waals surface area contributed by atoms with Gasteiger partial charge in [-0.3, -0.25) is 9.59 Å². The summed E-state index contributed by atoms with van der Waals surface area (Å²) in [6, 6.07) is 11.7. The van der Waals surface area contributed by atoms with E-state index in [0.29, 0.717) is 30.5 Å². The quantitative estimate of drug-likeness (QED) is 0.375. The van der Waals surface area contributed by atoms with Gasteiger partial charge in [-0.15, -0.1) is 0 Å². The molecular formula is C23H20FNO5. The summed E-state index contributed by atoms with van der Waals surface area (Å²) >= 11 is 0. The van der Waals surface area contributed by atoms with Gasteiger partial charge >= 0.3 is 11.6 Å². The van der Waals surface area contributed by atoms with Crippen LogP contribution in [-0.2, 0) is 4.79 Å². The lowest BCUT2D eigenvalue weighted by molar-refractivity contribution is -0.140. The Morgan fingerprint density at radius 1 is 1.13 bits per heavy atom. The van der Waals surface area contributed by atoms with Gasteiger partial charge in [0.25, 0.3) is 5.91 Å². The molecule has 1 aliphatic rings. The summed E-state index contributed by atoms with van der Waals surface area (Å²) in [4.78, 5) is 38.5. The van der Waals surface area contributed by atoms with Gasteiger partial charge in [-0.1, -0.05) is 0 Å². The second kappa shape index (κ2) is 8.10. The molecule has 0 radical (unpaired) electrons. The average Bonchev–Trinajstić information content (AvgIpc) is 2.73. The van der Waals surface area contributed by atoms with E-state index in [0.717, 1.165) is 10.9 Å². The minimum Gasteiger partial charge on any atom is -0.426 e. The van der Waals surface area contributed by atoms with Crippen LogP contribution in [-0.4, -0.2) is 29.9 Å². The number of amides is 1. The Morgan fingerprint density at radius 2 is 1.90 bits per heavy atom. The highest BCUT2D eigenvalue weighted by Crippen LogP contribution is 2.25. The van der Waals surface area contributed by atoms with E-state index in [9.17, 15) is 18.8 Å². The Morgan fingerprint density at radius 3 is 2.67 bits per heavy atom. The molecule has 1 fully saturated rings. The number of halogens is 1. The highest BCUT2D eigenvalue weighted by atomic mass is 19.1. The fourth-order valence-electron chi connectivity index (χ4n) is 3.70. The van der Waals surface area contributed by atoms with Crippen molar-refractivity contribution in [2.45, 2.75) is 19.8 Å². The largest absolute Gasteiger partial charge is 0.426 e. The molecule has 4 rings (SSSR count). The number of fused-ring (bicyclic) bond motifs is 1. The van der Waals surface area contributed by atoms with Crippen molar-refractivity contribution in [2.24, 2.45) is 5.92 Å². The molecule has 1 unspecified atom stereocenters. The molecule has 1 atom stereocenters. The first-order chi connectivity index (χ1) is 14.4. The van der Waals surface area contributed by atoms with Crippen molar-refractivity contribution in [3.63, 3.8) is 0 Å². The lowest BCUT2D eigenvalue weighted by atomic mass is 9.97. The molecule has 1 saturated heterocycles. The second-order valence-electron chi connectivity index (χ2n) is 7.42. The molecule has 2 heterocycles. The van der Waals surface area contributed by atoms with E-state index in [1.54, 1.807) is 24.0 Å². The minimum absolute atomic E-state index is 0.233. The Labute approximate surface area is 171 Å². The number of benzene rings is 2. The highest BCUT2D eigenvalue weighted by molar-refractivity contribution is 5.94. The number of hydrogen-bond donors (Lipinski definition) is 0. The van der Waals surface area contributed by atoms with E-state index < -0.39 is 23.3 Å². The molecule has 0 spiro atoms. The van der Waals surface area contributed by atoms with Crippen molar-refractivity contribution in [2.75, 3.05) is 13.1 Å². The Bertz CT molecular complexity index is 1170. The van der Waals surface area contributed by atoms with Crippen molar-refractivity contribution >= 4 is 22.8 Å². The zero-order valence-electron chi connectivity index (χ0n) is 16.4. The first kappa shape index (κ1) is 19.8. The summed E-state index contributed by atoms with van der Waals surface area (Å²) in [6.45, 7) is 2.57. The van der Waals surface area contributed by atoms with Crippen molar-refractivity contribution in [3.8, 4) is 5.75 Å². The van der Waals surface area contributed by atoms with Crippen LogP contribution in [0.15, 0.2) is 57.7 Å². The van der Waals surface area contributed by atoms with Crippen LogP contribution in [0.3, 0.4) is 0 Å². The van der Waals surface area contributed by atoms with Gasteiger partial charge in [-0.2, -0.15) is 0 Å². The number of ether oxygens (including phenoxy) is 1. The van der Waals surface area contributed by atoms with Crippen molar-refractivity contribution in [1.29, 1.82) is 0 Å². The van der Waals surface area contributed by atoms with E-state index in [2.05, 4.69) is 0 Å². The van der Waals surface area contributed by atoms with E-state index in [4.69, 9.17) is 9.15 Å². The summed E-state index contributed by atoms with van der Waals surface area (Å²) < 4.78 is 23.8. The Kier molecular flexibility index (Phi) is 5.35. The summed E-state index contributed by atoms with van der Waals surface area (Å²) in [5.41, 5.74) is 1.04. The number of nitrogens with zero attached hydrogens (tertiary/aromatic N) is 1. The maximum atomic E-state index is 13.1. The maximum Gasteiger partial charge on any atom is 0.336 e. The van der Waals surface area contributed by atoms with Crippen LogP contribution in [0.5, 0.6) is 5.75 Å². The fourth-order valence-corrected chi connectivity index (χ4v) is 3.70. The summed E-state index contributed by atoms with van der Waals surface area (Å²) in [5.74, 6) is -1.28. The van der Waals surface area contributed by atoms with Gasteiger partial charge in [-0.05, 0) is 61.7 Å². The molecule has 0 bridgehead atoms. The number of rotatable bonds is 3. The molecule has 1 aromatic heterocycles. The molecule has 3 aromatic rings. The van der Waals surface area contributed by atoms with Gasteiger partial charge in [-0.25, -0.2) is 9.18 Å². The summed E-state index contributed by atoms with van der Waals surface area (Å²) in [7, 11) is 0. The monoisotopic (exact) mass is 409 g/mol. The highest BCUT2D eigenvalue weighted by Gasteiger charge is 2.30. The van der Waals surface area contributed by atoms with Crippen LogP contribution < -0.4 is 10.4 Å². The summed E-state index contributed by atoms with van der Waals surface area (Å²) in [6.07, 6.45) is 1.27. The van der Waals surface area contributed by atoms with Crippen LogP contribution in [0.4, 0.5) is 4.39 Å². The van der Waals surface area contributed by atoms with Gasteiger partial charge in [0.15, 0.2) is 0 Å². The minimum atomic E-state index is -0.469. The van der Waals surface area contributed by atoms with Gasteiger partial charge < -0.3 is 14.1 Å². The predicted molar refractivity (Wildman–Crippen MR) is 108 cm³/mol. The van der Waals surface area contributed by atoms with Crippen molar-refractivity contribution in [3.05, 3.63) is 75.9 Å².